The summed E-state index contributed by atoms with van der Waals surface area (Å²) < 4.78 is 0. The molecule has 2 heteroatoms. The minimum atomic E-state index is 0.401. The summed E-state index contributed by atoms with van der Waals surface area (Å²) in [6, 6.07) is 0.896. The molecule has 3 aliphatic carbocycles. The highest BCUT2D eigenvalue weighted by molar-refractivity contribution is 5.08. The van der Waals surface area contributed by atoms with E-state index in [4.69, 9.17) is 5.73 Å². The number of nitrogens with two attached hydrogens (primary N) is 1. The molecule has 2 N–H and O–H groups in total. The van der Waals surface area contributed by atoms with Gasteiger partial charge in [-0.1, -0.05) is 13.8 Å². The molecule has 0 unspecified atom stereocenters. The Morgan fingerprint density at radius 2 is 1.82 bits per heavy atom. The summed E-state index contributed by atoms with van der Waals surface area (Å²) in [6.45, 7) is 6.98. The van der Waals surface area contributed by atoms with Gasteiger partial charge in [0.2, 0.25) is 0 Å². The average Bonchev–Trinajstić information content (AvgIpc) is 3.10. The maximum atomic E-state index is 6.15. The third kappa shape index (κ3) is 2.26. The second-order valence-corrected chi connectivity index (χ2v) is 7.17. The molecule has 98 valence electrons. The quantitative estimate of drug-likeness (QED) is 0.768. The van der Waals surface area contributed by atoms with E-state index in [9.17, 15) is 0 Å². The van der Waals surface area contributed by atoms with Gasteiger partial charge in [-0.3, -0.25) is 4.90 Å². The van der Waals surface area contributed by atoms with E-state index in [0.717, 1.165) is 30.3 Å². The number of rotatable bonds is 6. The van der Waals surface area contributed by atoms with Crippen LogP contribution in [-0.2, 0) is 0 Å². The van der Waals surface area contributed by atoms with Crippen LogP contribution >= 0.6 is 0 Å². The molecule has 0 aliphatic heterocycles. The van der Waals surface area contributed by atoms with Crippen molar-refractivity contribution in [3.8, 4) is 0 Å². The lowest BCUT2D eigenvalue weighted by Gasteiger charge is -2.56. The van der Waals surface area contributed by atoms with Gasteiger partial charge in [0.25, 0.3) is 0 Å². The molecular weight excluding hydrogens is 208 g/mol. The van der Waals surface area contributed by atoms with Gasteiger partial charge in [-0.25, -0.2) is 0 Å². The Morgan fingerprint density at radius 1 is 1.18 bits per heavy atom. The summed E-state index contributed by atoms with van der Waals surface area (Å²) in [7, 11) is 0. The van der Waals surface area contributed by atoms with Gasteiger partial charge in [-0.05, 0) is 56.3 Å². The minimum Gasteiger partial charge on any atom is -0.329 e. The average molecular weight is 236 g/mol. The van der Waals surface area contributed by atoms with Crippen molar-refractivity contribution < 1.29 is 0 Å². The maximum absolute atomic E-state index is 6.15. The topological polar surface area (TPSA) is 29.3 Å². The van der Waals surface area contributed by atoms with E-state index in [1.807, 2.05) is 0 Å². The van der Waals surface area contributed by atoms with Crippen LogP contribution in [0.4, 0.5) is 0 Å². The Bertz CT molecular complexity index is 273. The van der Waals surface area contributed by atoms with E-state index >= 15 is 0 Å². The van der Waals surface area contributed by atoms with Gasteiger partial charge >= 0.3 is 0 Å². The molecule has 0 atom stereocenters. The summed E-state index contributed by atoms with van der Waals surface area (Å²) >= 11 is 0. The Labute approximate surface area is 106 Å². The smallest absolute Gasteiger partial charge is 0.0340 e. The van der Waals surface area contributed by atoms with Crippen LogP contribution in [0.2, 0.25) is 0 Å². The first-order chi connectivity index (χ1) is 8.14. The largest absolute Gasteiger partial charge is 0.329 e. The first-order valence-corrected chi connectivity index (χ1v) is 7.61. The van der Waals surface area contributed by atoms with E-state index in [2.05, 4.69) is 18.7 Å². The Balaban J connectivity index is 1.65. The normalized spacial score (nSPS) is 37.6. The molecule has 3 saturated carbocycles. The van der Waals surface area contributed by atoms with Crippen LogP contribution in [0.5, 0.6) is 0 Å². The molecule has 3 rings (SSSR count). The monoisotopic (exact) mass is 236 g/mol. The van der Waals surface area contributed by atoms with Crippen molar-refractivity contribution in [1.29, 1.82) is 0 Å². The number of hydrogen-bond donors (Lipinski definition) is 1. The molecule has 3 fully saturated rings. The highest BCUT2D eigenvalue weighted by atomic mass is 15.3. The maximum Gasteiger partial charge on any atom is 0.0340 e. The first-order valence-electron chi connectivity index (χ1n) is 7.61. The van der Waals surface area contributed by atoms with E-state index in [0.29, 0.717) is 5.54 Å². The first kappa shape index (κ1) is 12.0. The third-order valence-corrected chi connectivity index (χ3v) is 5.36. The van der Waals surface area contributed by atoms with Crippen molar-refractivity contribution >= 4 is 0 Å². The van der Waals surface area contributed by atoms with E-state index in [1.54, 1.807) is 0 Å². The summed E-state index contributed by atoms with van der Waals surface area (Å²) in [5, 5.41) is 0. The second kappa shape index (κ2) is 4.24. The Morgan fingerprint density at radius 3 is 2.24 bits per heavy atom. The van der Waals surface area contributed by atoms with Gasteiger partial charge < -0.3 is 5.73 Å². The van der Waals surface area contributed by atoms with Crippen LogP contribution < -0.4 is 5.73 Å². The van der Waals surface area contributed by atoms with Crippen LogP contribution in [0.25, 0.3) is 0 Å². The van der Waals surface area contributed by atoms with Crippen molar-refractivity contribution in [3.63, 3.8) is 0 Å². The molecule has 2 nitrogen and oxygen atoms in total. The minimum absolute atomic E-state index is 0.401. The van der Waals surface area contributed by atoms with E-state index < -0.39 is 0 Å². The molecule has 0 heterocycles. The van der Waals surface area contributed by atoms with Gasteiger partial charge in [-0.2, -0.15) is 0 Å². The lowest BCUT2D eigenvalue weighted by Crippen LogP contribution is -2.63. The lowest BCUT2D eigenvalue weighted by atomic mass is 9.63. The van der Waals surface area contributed by atoms with Crippen LogP contribution in [-0.4, -0.2) is 29.6 Å². The molecular formula is C15H28N2. The van der Waals surface area contributed by atoms with Gasteiger partial charge in [0.15, 0.2) is 0 Å². The molecule has 0 aromatic heterocycles. The fraction of sp³-hybridized carbons (Fsp3) is 1.00. The predicted octanol–water partition coefficient (Wildman–Crippen LogP) is 2.62. The molecule has 0 spiro atoms. The Kier molecular flexibility index (Phi) is 2.99. The van der Waals surface area contributed by atoms with Crippen molar-refractivity contribution in [3.05, 3.63) is 0 Å². The van der Waals surface area contributed by atoms with Crippen LogP contribution in [0.1, 0.15) is 52.4 Å². The zero-order valence-corrected chi connectivity index (χ0v) is 11.5. The molecule has 0 amide bonds. The van der Waals surface area contributed by atoms with Crippen molar-refractivity contribution in [2.45, 2.75) is 64.0 Å². The third-order valence-electron chi connectivity index (χ3n) is 5.36. The summed E-state index contributed by atoms with van der Waals surface area (Å²) in [5.41, 5.74) is 6.55. The molecule has 0 saturated heterocycles. The molecule has 0 bridgehead atoms. The molecule has 0 aromatic rings. The van der Waals surface area contributed by atoms with Crippen molar-refractivity contribution in [1.82, 2.24) is 4.90 Å². The van der Waals surface area contributed by atoms with Gasteiger partial charge in [0.05, 0.1) is 0 Å². The van der Waals surface area contributed by atoms with E-state index in [1.165, 1.54) is 45.1 Å². The van der Waals surface area contributed by atoms with Gasteiger partial charge in [-0.15, -0.1) is 0 Å². The van der Waals surface area contributed by atoms with Crippen molar-refractivity contribution in [2.24, 2.45) is 23.5 Å². The lowest BCUT2D eigenvalue weighted by molar-refractivity contribution is -0.0431. The fourth-order valence-corrected chi connectivity index (χ4v) is 3.60. The zero-order chi connectivity index (χ0) is 12.0. The SMILES string of the molecule is CC(C)C1CC(CN)(N(CC2CC2)C2CC2)C1. The van der Waals surface area contributed by atoms with Gasteiger partial charge in [0.1, 0.15) is 0 Å². The van der Waals surface area contributed by atoms with Crippen molar-refractivity contribution in [2.75, 3.05) is 13.1 Å². The zero-order valence-electron chi connectivity index (χ0n) is 11.5. The highest BCUT2D eigenvalue weighted by Crippen LogP contribution is 2.50. The number of hydrogen-bond acceptors (Lipinski definition) is 2. The predicted molar refractivity (Wildman–Crippen MR) is 71.8 cm³/mol. The summed E-state index contributed by atoms with van der Waals surface area (Å²) in [4.78, 5) is 2.84. The number of nitrogens with zero attached hydrogens (tertiary/aromatic N) is 1. The van der Waals surface area contributed by atoms with E-state index in [-0.39, 0.29) is 0 Å². The second-order valence-electron chi connectivity index (χ2n) is 7.17. The Hall–Kier alpha value is -0.0800. The van der Waals surface area contributed by atoms with Crippen LogP contribution in [0.15, 0.2) is 0 Å². The van der Waals surface area contributed by atoms with Crippen LogP contribution in [0.3, 0.4) is 0 Å². The summed E-state index contributed by atoms with van der Waals surface area (Å²) in [5.74, 6) is 2.78. The van der Waals surface area contributed by atoms with Crippen LogP contribution in [0, 0.1) is 17.8 Å². The van der Waals surface area contributed by atoms with Gasteiger partial charge in [0, 0.05) is 24.7 Å². The standard InChI is InChI=1S/C15H28N2/c1-11(2)13-7-15(8-13,10-16)17(14-5-6-14)9-12-3-4-12/h11-14H,3-10,16H2,1-2H3. The molecule has 0 radical (unpaired) electrons. The molecule has 17 heavy (non-hydrogen) atoms. The molecule has 0 aromatic carbocycles. The highest BCUT2D eigenvalue weighted by Gasteiger charge is 2.52. The molecule has 3 aliphatic rings. The fourth-order valence-electron chi connectivity index (χ4n) is 3.60. The summed E-state index contributed by atoms with van der Waals surface area (Å²) in [6.07, 6.45) is 8.53.